The van der Waals surface area contributed by atoms with Gasteiger partial charge in [-0.25, -0.2) is 13.9 Å². The summed E-state index contributed by atoms with van der Waals surface area (Å²) in [5, 5.41) is 24.6. The number of carbonyl (C=O) groups excluding carboxylic acids is 1. The smallest absolute Gasteiger partial charge is 0.435 e. The fraction of sp³-hybridized carbons (Fsp3) is 0.200. The van der Waals surface area contributed by atoms with Gasteiger partial charge in [-0.1, -0.05) is 48.5 Å². The molecule has 5 rings (SSSR count). The van der Waals surface area contributed by atoms with Gasteiger partial charge in [0.2, 0.25) is 0 Å². The van der Waals surface area contributed by atoms with Crippen molar-refractivity contribution in [3.05, 3.63) is 113 Å². The Hall–Kier alpha value is -5.04. The van der Waals surface area contributed by atoms with E-state index in [1.54, 1.807) is 6.07 Å². The number of anilines is 1. The highest BCUT2D eigenvalue weighted by Gasteiger charge is 2.37. The molecule has 0 saturated heterocycles. The van der Waals surface area contributed by atoms with Crippen molar-refractivity contribution >= 4 is 23.5 Å². The van der Waals surface area contributed by atoms with Crippen LogP contribution < -0.4 is 10.6 Å². The molecule has 13 heteroatoms. The second kappa shape index (κ2) is 11.7. The zero-order chi connectivity index (χ0) is 30.9. The van der Waals surface area contributed by atoms with E-state index in [0.29, 0.717) is 22.4 Å². The van der Waals surface area contributed by atoms with Gasteiger partial charge < -0.3 is 10.4 Å². The lowest BCUT2D eigenvalue weighted by atomic mass is 9.96. The minimum atomic E-state index is -4.91. The molecule has 222 valence electrons. The molecule has 2 amide bonds. The van der Waals surface area contributed by atoms with Crippen molar-refractivity contribution in [1.29, 1.82) is 5.41 Å². The molecule has 1 atom stereocenters. The van der Waals surface area contributed by atoms with E-state index in [1.807, 2.05) is 42.7 Å². The van der Waals surface area contributed by atoms with Gasteiger partial charge in [0.25, 0.3) is 5.91 Å². The zero-order valence-corrected chi connectivity index (χ0v) is 22.7. The number of amidine groups is 1. The van der Waals surface area contributed by atoms with Gasteiger partial charge >= 0.3 is 12.3 Å². The number of nitrogens with one attached hydrogen (secondary N) is 3. The van der Waals surface area contributed by atoms with Crippen LogP contribution in [0.15, 0.2) is 78.9 Å². The first-order valence-electron chi connectivity index (χ1n) is 13.2. The van der Waals surface area contributed by atoms with Gasteiger partial charge in [0, 0.05) is 17.7 Å². The van der Waals surface area contributed by atoms with Gasteiger partial charge in [-0.05, 0) is 55.3 Å². The van der Waals surface area contributed by atoms with Crippen molar-refractivity contribution in [3.63, 3.8) is 0 Å². The Morgan fingerprint density at radius 3 is 2.40 bits per heavy atom. The third kappa shape index (κ3) is 6.56. The van der Waals surface area contributed by atoms with E-state index >= 15 is 4.39 Å². The number of rotatable bonds is 8. The Kier molecular flexibility index (Phi) is 8.00. The number of hydrogen-bond acceptors (Lipinski definition) is 5. The molecule has 0 spiro atoms. The van der Waals surface area contributed by atoms with Crippen LogP contribution in [-0.2, 0) is 6.18 Å². The second-order valence-electron chi connectivity index (χ2n) is 10.1. The first-order chi connectivity index (χ1) is 20.4. The molecule has 4 N–H and O–H groups in total. The molecule has 1 saturated carbocycles. The molecule has 3 aromatic carbocycles. The fourth-order valence-corrected chi connectivity index (χ4v) is 4.84. The number of hydrogen-bond donors (Lipinski definition) is 4. The lowest BCUT2D eigenvalue weighted by Gasteiger charge is -2.29. The lowest BCUT2D eigenvalue weighted by molar-refractivity contribution is -0.141. The third-order valence-corrected chi connectivity index (χ3v) is 7.04. The average Bonchev–Trinajstić information content (AvgIpc) is 3.71. The number of benzene rings is 3. The van der Waals surface area contributed by atoms with E-state index in [4.69, 9.17) is 10.5 Å². The van der Waals surface area contributed by atoms with Gasteiger partial charge in [-0.15, -0.1) is 0 Å². The van der Waals surface area contributed by atoms with E-state index in [2.05, 4.69) is 15.3 Å². The van der Waals surface area contributed by atoms with Crippen LogP contribution in [0.3, 0.4) is 0 Å². The van der Waals surface area contributed by atoms with Crippen LogP contribution in [-0.4, -0.2) is 50.7 Å². The summed E-state index contributed by atoms with van der Waals surface area (Å²) in [6, 6.07) is 19.7. The van der Waals surface area contributed by atoms with Crippen molar-refractivity contribution in [2.24, 2.45) is 0 Å². The highest BCUT2D eigenvalue weighted by Crippen LogP contribution is 2.38. The molecule has 1 aliphatic carbocycles. The van der Waals surface area contributed by atoms with E-state index in [0.717, 1.165) is 18.4 Å². The summed E-state index contributed by atoms with van der Waals surface area (Å²) in [6.07, 6.45) is -4.38. The highest BCUT2D eigenvalue weighted by atomic mass is 19.4. The maximum atomic E-state index is 15.0. The Bertz CT molecular complexity index is 1680. The molecule has 0 radical (unpaired) electrons. The topological polar surface area (TPSA) is 123 Å². The predicted molar refractivity (Wildman–Crippen MR) is 150 cm³/mol. The van der Waals surface area contributed by atoms with E-state index in [1.165, 1.54) is 36.4 Å². The maximum Gasteiger partial charge on any atom is 0.435 e. The summed E-state index contributed by atoms with van der Waals surface area (Å²) in [4.78, 5) is 26.5. The Labute approximate surface area is 243 Å². The summed E-state index contributed by atoms with van der Waals surface area (Å²) in [6.45, 7) is 0. The van der Waals surface area contributed by atoms with Crippen molar-refractivity contribution in [1.82, 2.24) is 20.0 Å². The van der Waals surface area contributed by atoms with Crippen LogP contribution in [0.4, 0.5) is 28.0 Å². The summed E-state index contributed by atoms with van der Waals surface area (Å²) < 4.78 is 56.8. The standard InChI is InChI=1S/C30H26F4N6O3/c1-39(20-11-12-20)26(17-6-3-2-4-7-17)18-10-13-22(31)23(15-18)36-28(41)24-16-25(30(32,33)34)38-40(24)21-9-5-8-19(14-21)27(35)37-29(42)43/h2-10,13-16,20,26H,11-12H2,1H3,(H2,35,37)(H,36,41)(H,42,43). The molecule has 1 heterocycles. The monoisotopic (exact) mass is 594 g/mol. The molecule has 4 aromatic rings. The molecule has 1 aliphatic rings. The van der Waals surface area contributed by atoms with Gasteiger partial charge in [-0.3, -0.25) is 20.4 Å². The number of nitrogens with zero attached hydrogens (tertiary/aromatic N) is 3. The Morgan fingerprint density at radius 2 is 1.74 bits per heavy atom. The molecular formula is C30H26F4N6O3. The SMILES string of the molecule is CN(C1CC1)C(c1ccccc1)c1ccc(F)c(NC(=O)c2cc(C(F)(F)F)nn2-c2cccc(C(=N)NC(=O)O)c2)c1. The van der Waals surface area contributed by atoms with Crippen LogP contribution in [0, 0.1) is 11.2 Å². The summed E-state index contributed by atoms with van der Waals surface area (Å²) in [7, 11) is 1.97. The first-order valence-corrected chi connectivity index (χ1v) is 13.2. The van der Waals surface area contributed by atoms with E-state index in [-0.39, 0.29) is 23.0 Å². The van der Waals surface area contributed by atoms with Gasteiger partial charge in [-0.2, -0.15) is 18.3 Å². The molecule has 1 aromatic heterocycles. The number of amides is 2. The fourth-order valence-electron chi connectivity index (χ4n) is 4.84. The minimum absolute atomic E-state index is 0.0146. The first kappa shape index (κ1) is 29.5. The van der Waals surface area contributed by atoms with E-state index in [9.17, 15) is 22.8 Å². The maximum absolute atomic E-state index is 15.0. The molecule has 0 aliphatic heterocycles. The number of carbonyl (C=O) groups is 2. The lowest BCUT2D eigenvalue weighted by Crippen LogP contribution is -2.28. The number of carboxylic acid groups (broad SMARTS) is 1. The van der Waals surface area contributed by atoms with Crippen LogP contribution >= 0.6 is 0 Å². The number of halogens is 4. The molecule has 1 fully saturated rings. The van der Waals surface area contributed by atoms with Crippen LogP contribution in [0.2, 0.25) is 0 Å². The van der Waals surface area contributed by atoms with Crippen molar-refractivity contribution in [2.45, 2.75) is 31.1 Å². The summed E-state index contributed by atoms with van der Waals surface area (Å²) >= 11 is 0. The Morgan fingerprint density at radius 1 is 1.02 bits per heavy atom. The van der Waals surface area contributed by atoms with Crippen molar-refractivity contribution < 1.29 is 32.3 Å². The van der Waals surface area contributed by atoms with Gasteiger partial charge in [0.15, 0.2) is 5.69 Å². The zero-order valence-electron chi connectivity index (χ0n) is 22.7. The summed E-state index contributed by atoms with van der Waals surface area (Å²) in [5.41, 5.74) is -0.557. The largest absolute Gasteiger partial charge is 0.465 e. The highest BCUT2D eigenvalue weighted by molar-refractivity contribution is 6.05. The number of aromatic nitrogens is 2. The van der Waals surface area contributed by atoms with Gasteiger partial charge in [0.05, 0.1) is 17.4 Å². The second-order valence-corrected chi connectivity index (χ2v) is 10.1. The van der Waals surface area contributed by atoms with E-state index < -0.39 is 41.2 Å². The van der Waals surface area contributed by atoms with Crippen molar-refractivity contribution in [3.8, 4) is 5.69 Å². The minimum Gasteiger partial charge on any atom is -0.465 e. The van der Waals surface area contributed by atoms with Crippen molar-refractivity contribution in [2.75, 3.05) is 12.4 Å². The predicted octanol–water partition coefficient (Wildman–Crippen LogP) is 6.06. The third-order valence-electron chi connectivity index (χ3n) is 7.04. The molecule has 1 unspecified atom stereocenters. The molecule has 0 bridgehead atoms. The normalized spacial score (nSPS) is 13.9. The Balaban J connectivity index is 1.51. The molecule has 43 heavy (non-hydrogen) atoms. The quantitative estimate of drug-likeness (QED) is 0.112. The average molecular weight is 595 g/mol. The van der Waals surface area contributed by atoms with Crippen LogP contribution in [0.25, 0.3) is 5.69 Å². The van der Waals surface area contributed by atoms with Crippen LogP contribution in [0.1, 0.15) is 51.8 Å². The summed E-state index contributed by atoms with van der Waals surface area (Å²) in [5.74, 6) is -2.38. The van der Waals surface area contributed by atoms with Crippen LogP contribution in [0.5, 0.6) is 0 Å². The number of alkyl halides is 3. The van der Waals surface area contributed by atoms with Gasteiger partial charge in [0.1, 0.15) is 17.3 Å². The molecular weight excluding hydrogens is 568 g/mol. The molecule has 9 nitrogen and oxygen atoms in total.